The van der Waals surface area contributed by atoms with Crippen molar-refractivity contribution in [3.8, 4) is 0 Å². The normalized spacial score (nSPS) is 42.8. The highest BCUT2D eigenvalue weighted by Gasteiger charge is 2.70. The molecule has 1 amide bonds. The van der Waals surface area contributed by atoms with E-state index < -0.39 is 72.2 Å². The van der Waals surface area contributed by atoms with Crippen LogP contribution in [0.3, 0.4) is 0 Å². The monoisotopic (exact) mass is 857 g/mol. The van der Waals surface area contributed by atoms with Crippen molar-refractivity contribution in [1.82, 2.24) is 5.32 Å². The number of rotatable bonds is 13. The number of nitrogens with two attached hydrogens (primary N) is 1. The number of aliphatic hydroxyl groups is 5. The lowest BCUT2D eigenvalue weighted by atomic mass is 9.46. The van der Waals surface area contributed by atoms with Crippen LogP contribution in [0.1, 0.15) is 110 Å². The number of amides is 1. The summed E-state index contributed by atoms with van der Waals surface area (Å²) >= 11 is 0. The fourth-order valence-electron chi connectivity index (χ4n) is 12.2. The van der Waals surface area contributed by atoms with Gasteiger partial charge in [0, 0.05) is 36.8 Å². The first-order chi connectivity index (χ1) is 28.9. The molecule has 8 N–H and O–H groups in total. The third kappa shape index (κ3) is 8.85. The average molecular weight is 857 g/mol. The van der Waals surface area contributed by atoms with Crippen molar-refractivity contribution >= 4 is 11.9 Å². The topological polar surface area (TPSA) is 219 Å². The Bertz CT molecular complexity index is 1730. The molecule has 0 radical (unpaired) electrons. The molecular weight excluding hydrogens is 785 g/mol. The van der Waals surface area contributed by atoms with E-state index in [0.29, 0.717) is 50.5 Å². The van der Waals surface area contributed by atoms with Crippen LogP contribution in [0.15, 0.2) is 35.9 Å². The summed E-state index contributed by atoms with van der Waals surface area (Å²) in [4.78, 5) is 26.7. The van der Waals surface area contributed by atoms with Gasteiger partial charge in [0.05, 0.1) is 31.5 Å². The number of hydrogen-bond donors (Lipinski definition) is 7. The van der Waals surface area contributed by atoms with Gasteiger partial charge in [-0.15, -0.1) is 0 Å². The molecule has 1 aromatic carbocycles. The number of fused-ring (bicyclic) bond motifs is 5. The van der Waals surface area contributed by atoms with Gasteiger partial charge >= 0.3 is 6.09 Å². The molecule has 6 aliphatic rings. The van der Waals surface area contributed by atoms with E-state index in [-0.39, 0.29) is 54.8 Å². The number of aliphatic hydroxyl groups excluding tert-OH is 4. The molecule has 9 unspecified atom stereocenters. The number of benzene rings is 1. The molecule has 7 rings (SSSR count). The molecule has 14 nitrogen and oxygen atoms in total. The number of ketones is 1. The van der Waals surface area contributed by atoms with Crippen LogP contribution >= 0.6 is 0 Å². The Morgan fingerprint density at radius 3 is 2.31 bits per heavy atom. The summed E-state index contributed by atoms with van der Waals surface area (Å²) in [5, 5.41) is 60.6. The predicted molar refractivity (Wildman–Crippen MR) is 224 cm³/mol. The van der Waals surface area contributed by atoms with Gasteiger partial charge in [0.15, 0.2) is 18.7 Å². The first-order valence-electron chi connectivity index (χ1n) is 22.8. The molecule has 2 aliphatic heterocycles. The van der Waals surface area contributed by atoms with Gasteiger partial charge in [-0.05, 0) is 91.6 Å². The number of Topliss-reactive ketones (excluding diaryl/α,β-unsaturated/α-hetero) is 1. The van der Waals surface area contributed by atoms with Gasteiger partial charge in [-0.25, -0.2) is 4.79 Å². The highest BCUT2D eigenvalue weighted by atomic mass is 16.7. The van der Waals surface area contributed by atoms with Crippen LogP contribution in [0.25, 0.3) is 0 Å². The number of carbonyl (C=O) groups is 2. The van der Waals surface area contributed by atoms with E-state index in [9.17, 15) is 35.1 Å². The number of carbonyl (C=O) groups excluding carboxylic acids is 2. The van der Waals surface area contributed by atoms with Gasteiger partial charge in [0.2, 0.25) is 0 Å². The van der Waals surface area contributed by atoms with Crippen LogP contribution < -0.4 is 11.1 Å². The van der Waals surface area contributed by atoms with Gasteiger partial charge in [-0.3, -0.25) is 4.79 Å². The SMILES string of the molecule is CC(C)CCC(=O)[C@@H](C)[C@@]1(O)[C@@H](OC2OCC(C)C(OC3OCC(OC(=O)NCc4ccc(CN)cc4)C(O)C3O)C2O)C[C@H]2[C@@H]3CC=C4C[C@@H](O)CC[C@]4(C)C3CC[C@@]21C. The maximum Gasteiger partial charge on any atom is 0.407 e. The van der Waals surface area contributed by atoms with E-state index in [1.165, 1.54) is 5.57 Å². The van der Waals surface area contributed by atoms with Crippen LogP contribution in [0.4, 0.5) is 4.79 Å². The van der Waals surface area contributed by atoms with Gasteiger partial charge in [0.1, 0.15) is 29.7 Å². The third-order valence-electron chi connectivity index (χ3n) is 16.1. The standard InChI is InChI=1S/C47H72N2O12/c1-25(2)7-14-35(51)27(4)47(56)37(20-34-32-13-12-30-19-31(50)15-17-45(30,5)33(32)16-18-46(34,47)6)60-43-40(54)41(26(3)23-57-43)61-42-39(53)38(52)36(24-58-42)59-44(55)49-22-29-10-8-28(21-48)9-11-29/h8-12,25-27,31-34,36-43,50,52-54,56H,7,13-24,48H2,1-6H3,(H,49,55)/t26?,27-,31+,32-,33?,34+,36?,37+,38?,39?,40?,41?,42?,43?,45+,46+,47-/m1/s1. The zero-order valence-corrected chi connectivity index (χ0v) is 36.9. The van der Waals surface area contributed by atoms with Crippen molar-refractivity contribution in [3.63, 3.8) is 0 Å². The fraction of sp³-hybridized carbons (Fsp3) is 0.787. The van der Waals surface area contributed by atoms with Crippen molar-refractivity contribution in [2.24, 2.45) is 52.1 Å². The van der Waals surface area contributed by atoms with Crippen LogP contribution in [0, 0.1) is 46.3 Å². The highest BCUT2D eigenvalue weighted by molar-refractivity contribution is 5.82. The largest absolute Gasteiger partial charge is 0.441 e. The average Bonchev–Trinajstić information content (AvgIpc) is 3.47. The van der Waals surface area contributed by atoms with E-state index in [2.05, 4.69) is 39.1 Å². The van der Waals surface area contributed by atoms with Crippen molar-refractivity contribution in [2.45, 2.75) is 173 Å². The lowest BCUT2D eigenvalue weighted by Gasteiger charge is -2.59. The summed E-state index contributed by atoms with van der Waals surface area (Å²) in [6, 6.07) is 7.41. The first-order valence-corrected chi connectivity index (χ1v) is 22.8. The Morgan fingerprint density at radius 1 is 0.918 bits per heavy atom. The minimum Gasteiger partial charge on any atom is -0.441 e. The Kier molecular flexibility index (Phi) is 14.1. The van der Waals surface area contributed by atoms with Crippen molar-refractivity contribution in [3.05, 3.63) is 47.0 Å². The van der Waals surface area contributed by atoms with E-state index in [1.54, 1.807) is 0 Å². The number of nitrogens with one attached hydrogen (secondary N) is 1. The number of ether oxygens (including phenoxy) is 5. The Morgan fingerprint density at radius 2 is 1.61 bits per heavy atom. The van der Waals surface area contributed by atoms with Crippen LogP contribution in [0.5, 0.6) is 0 Å². The lowest BCUT2D eigenvalue weighted by Crippen LogP contribution is -2.63. The molecule has 0 aromatic heterocycles. The minimum absolute atomic E-state index is 0.00725. The summed E-state index contributed by atoms with van der Waals surface area (Å²) in [6.07, 6.45) is -2.52. The molecule has 17 atom stereocenters. The maximum atomic E-state index is 14.0. The van der Waals surface area contributed by atoms with E-state index in [1.807, 2.05) is 38.1 Å². The molecule has 2 saturated heterocycles. The highest BCUT2D eigenvalue weighted by Crippen LogP contribution is 2.69. The van der Waals surface area contributed by atoms with Crippen molar-refractivity contribution in [1.29, 1.82) is 0 Å². The van der Waals surface area contributed by atoms with Crippen LogP contribution in [-0.4, -0.2) is 112 Å². The van der Waals surface area contributed by atoms with Gasteiger partial charge in [-0.2, -0.15) is 0 Å². The van der Waals surface area contributed by atoms with E-state index in [4.69, 9.17) is 29.4 Å². The summed E-state index contributed by atoms with van der Waals surface area (Å²) in [6.45, 7) is 12.7. The van der Waals surface area contributed by atoms with Gasteiger partial charge < -0.3 is 60.3 Å². The smallest absolute Gasteiger partial charge is 0.407 e. The second kappa shape index (κ2) is 18.5. The minimum atomic E-state index is -1.62. The summed E-state index contributed by atoms with van der Waals surface area (Å²) in [7, 11) is 0. The second-order valence-electron chi connectivity index (χ2n) is 20.2. The predicted octanol–water partition coefficient (Wildman–Crippen LogP) is 4.25. The number of hydrogen-bond acceptors (Lipinski definition) is 13. The molecule has 0 bridgehead atoms. The molecular formula is C47H72N2O12. The molecule has 0 spiro atoms. The summed E-state index contributed by atoms with van der Waals surface area (Å²) < 4.78 is 30.3. The van der Waals surface area contributed by atoms with Crippen molar-refractivity contribution in [2.75, 3.05) is 13.2 Å². The third-order valence-corrected chi connectivity index (χ3v) is 16.1. The van der Waals surface area contributed by atoms with Crippen LogP contribution in [-0.2, 0) is 41.6 Å². The molecule has 4 aliphatic carbocycles. The summed E-state index contributed by atoms with van der Waals surface area (Å²) in [5.74, 6) is -0.159. The van der Waals surface area contributed by atoms with E-state index >= 15 is 0 Å². The zero-order valence-electron chi connectivity index (χ0n) is 36.9. The molecule has 1 aromatic rings. The quantitative estimate of drug-likeness (QED) is 0.138. The maximum absolute atomic E-state index is 14.0. The fourth-order valence-corrected chi connectivity index (χ4v) is 12.2. The molecule has 3 saturated carbocycles. The molecule has 342 valence electrons. The Labute approximate surface area is 360 Å². The van der Waals surface area contributed by atoms with Crippen LogP contribution in [0.2, 0.25) is 0 Å². The molecule has 14 heteroatoms. The molecule has 61 heavy (non-hydrogen) atoms. The molecule has 2 heterocycles. The molecule has 5 fully saturated rings. The van der Waals surface area contributed by atoms with Gasteiger partial charge in [-0.1, -0.05) is 77.5 Å². The van der Waals surface area contributed by atoms with E-state index in [0.717, 1.165) is 36.8 Å². The zero-order chi connectivity index (χ0) is 44.0. The number of alkyl carbamates (subject to hydrolysis) is 1. The Balaban J connectivity index is 1.04. The van der Waals surface area contributed by atoms with Crippen molar-refractivity contribution < 1.29 is 58.8 Å². The lowest BCUT2D eigenvalue weighted by molar-refractivity contribution is -0.338. The number of allylic oxidation sites excluding steroid dienone is 1. The Hall–Kier alpha value is -2.50. The second-order valence-corrected chi connectivity index (χ2v) is 20.2. The first kappa shape index (κ1) is 46.5. The van der Waals surface area contributed by atoms with Gasteiger partial charge in [0.25, 0.3) is 0 Å². The summed E-state index contributed by atoms with van der Waals surface area (Å²) in [5.41, 5.74) is 6.55.